The maximum absolute atomic E-state index is 13.7. The van der Waals surface area contributed by atoms with Gasteiger partial charge in [-0.15, -0.1) is 0 Å². The number of nitrogens with zero attached hydrogens (tertiary/aromatic N) is 6. The van der Waals surface area contributed by atoms with Crippen LogP contribution in [-0.2, 0) is 22.6 Å². The standard InChI is InChI=1S/C57H60N8O7S/c1-34(32-63-27-29-64(30-28-63)57-59-46-31-38(17-22-48(46)72-57)41-21-24-51(66)61-53(41)67)13-14-36-15-18-39(19-16-36)71-47-11-6-8-40(35(47)2)42-20-23-50(60-52(42)55(69)70)65-26-25-37-7-5-9-43(44(37)33-65)54(68)62-56-58-45-10-3-4-12-49(45)73-56/h3-12,17,20,22-23,31,34,36,39,41H,13-16,18-19,21,24-30,32-33H2,1-2H3,(H,69,70)(H,58,62,68)(H,61,66,67)/t34-,36?,39?,41?/m1/s1. The molecule has 1 unspecified atom stereocenters. The molecule has 6 heterocycles. The number of hydrogen-bond donors (Lipinski definition) is 3. The Labute approximate surface area is 428 Å². The molecular formula is C57H60N8O7S. The van der Waals surface area contributed by atoms with E-state index in [1.807, 2.05) is 103 Å². The van der Waals surface area contributed by atoms with Crippen LogP contribution >= 0.6 is 11.3 Å². The molecule has 0 radical (unpaired) electrons. The number of carbonyl (C=O) groups is 4. The smallest absolute Gasteiger partial charge is 0.355 e. The average molecular weight is 1000 g/mol. The first-order valence-corrected chi connectivity index (χ1v) is 26.6. The van der Waals surface area contributed by atoms with Crippen LogP contribution in [-0.4, -0.2) is 94.0 Å². The van der Waals surface area contributed by atoms with E-state index in [9.17, 15) is 24.3 Å². The Hall–Kier alpha value is -7.17. The van der Waals surface area contributed by atoms with Gasteiger partial charge in [-0.25, -0.2) is 14.8 Å². The molecule has 0 bridgehead atoms. The molecular weight excluding hydrogens is 941 g/mol. The van der Waals surface area contributed by atoms with Crippen molar-refractivity contribution >= 4 is 73.3 Å². The molecule has 15 nitrogen and oxygen atoms in total. The Morgan fingerprint density at radius 1 is 0.849 bits per heavy atom. The second-order valence-corrected chi connectivity index (χ2v) is 21.3. The van der Waals surface area contributed by atoms with Crippen LogP contribution in [0.1, 0.15) is 107 Å². The summed E-state index contributed by atoms with van der Waals surface area (Å²) in [5, 5.41) is 16.5. The summed E-state index contributed by atoms with van der Waals surface area (Å²) in [5.74, 6) is 0.423. The van der Waals surface area contributed by atoms with Crippen molar-refractivity contribution in [3.05, 3.63) is 125 Å². The third-order valence-electron chi connectivity index (χ3n) is 15.4. The predicted molar refractivity (Wildman–Crippen MR) is 283 cm³/mol. The molecule has 4 aromatic carbocycles. The van der Waals surface area contributed by atoms with Gasteiger partial charge in [-0.3, -0.25) is 29.9 Å². The first-order chi connectivity index (χ1) is 35.5. The van der Waals surface area contributed by atoms with Gasteiger partial charge in [0, 0.05) is 63.4 Å². The van der Waals surface area contributed by atoms with E-state index in [4.69, 9.17) is 19.1 Å². The highest BCUT2D eigenvalue weighted by Crippen LogP contribution is 2.38. The van der Waals surface area contributed by atoms with Crippen molar-refractivity contribution in [3.8, 4) is 16.9 Å². The van der Waals surface area contributed by atoms with Crippen LogP contribution in [0.25, 0.3) is 32.4 Å². The minimum atomic E-state index is -1.10. The molecule has 11 rings (SSSR count). The molecule has 3 N–H and O–H groups in total. The summed E-state index contributed by atoms with van der Waals surface area (Å²) in [4.78, 5) is 71.6. The maximum atomic E-state index is 13.7. The van der Waals surface area contributed by atoms with Crippen LogP contribution in [0.15, 0.2) is 95.4 Å². The molecule has 376 valence electrons. The molecule has 3 fully saturated rings. The van der Waals surface area contributed by atoms with Crippen LogP contribution in [0.3, 0.4) is 0 Å². The molecule has 73 heavy (non-hydrogen) atoms. The van der Waals surface area contributed by atoms with Gasteiger partial charge in [0.05, 0.1) is 22.2 Å². The van der Waals surface area contributed by atoms with Crippen molar-refractivity contribution in [1.29, 1.82) is 0 Å². The lowest BCUT2D eigenvalue weighted by Crippen LogP contribution is -2.47. The minimum Gasteiger partial charge on any atom is -0.490 e. The zero-order chi connectivity index (χ0) is 50.2. The van der Waals surface area contributed by atoms with Crippen molar-refractivity contribution < 1.29 is 33.4 Å². The number of nitrogens with one attached hydrogen (secondary N) is 2. The van der Waals surface area contributed by atoms with E-state index >= 15 is 0 Å². The van der Waals surface area contributed by atoms with E-state index in [0.717, 1.165) is 108 Å². The fraction of sp³-hybridized carbons (Fsp3) is 0.386. The van der Waals surface area contributed by atoms with Crippen LogP contribution in [0.5, 0.6) is 5.75 Å². The summed E-state index contributed by atoms with van der Waals surface area (Å²) in [7, 11) is 0. The third kappa shape index (κ3) is 10.4. The molecule has 16 heteroatoms. The Kier molecular flexibility index (Phi) is 13.7. The number of carboxylic acids is 1. The van der Waals surface area contributed by atoms with Gasteiger partial charge in [-0.2, -0.15) is 4.98 Å². The number of aromatic carboxylic acids is 1. The van der Waals surface area contributed by atoms with E-state index in [0.29, 0.717) is 77.9 Å². The fourth-order valence-electron chi connectivity index (χ4n) is 11.3. The van der Waals surface area contributed by atoms with Gasteiger partial charge in [0.2, 0.25) is 11.8 Å². The lowest BCUT2D eigenvalue weighted by molar-refractivity contribution is -0.134. The number of piperazine rings is 1. The van der Waals surface area contributed by atoms with E-state index in [-0.39, 0.29) is 35.4 Å². The topological polar surface area (TPSA) is 183 Å². The number of carbonyl (C=O) groups excluding carboxylic acids is 3. The number of rotatable bonds is 14. The summed E-state index contributed by atoms with van der Waals surface area (Å²) >= 11 is 1.44. The molecule has 0 spiro atoms. The largest absolute Gasteiger partial charge is 0.490 e. The lowest BCUT2D eigenvalue weighted by atomic mass is 9.83. The number of ether oxygens (including phenoxy) is 1. The Morgan fingerprint density at radius 2 is 1.67 bits per heavy atom. The number of oxazole rings is 1. The summed E-state index contributed by atoms with van der Waals surface area (Å²) < 4.78 is 13.8. The number of thiazole rings is 1. The van der Waals surface area contributed by atoms with Gasteiger partial charge in [0.15, 0.2) is 16.4 Å². The first-order valence-electron chi connectivity index (χ1n) is 25.7. The van der Waals surface area contributed by atoms with Crippen molar-refractivity contribution in [1.82, 2.24) is 25.2 Å². The number of pyridine rings is 1. The van der Waals surface area contributed by atoms with Crippen molar-refractivity contribution in [2.45, 2.75) is 90.2 Å². The van der Waals surface area contributed by atoms with Gasteiger partial charge >= 0.3 is 5.97 Å². The number of para-hydroxylation sites is 1. The molecule has 1 saturated carbocycles. The van der Waals surface area contributed by atoms with E-state index < -0.39 is 5.97 Å². The summed E-state index contributed by atoms with van der Waals surface area (Å²) in [6.07, 6.45) is 8.24. The average Bonchev–Trinajstić information content (AvgIpc) is 4.02. The van der Waals surface area contributed by atoms with Crippen LogP contribution in [0, 0.1) is 18.8 Å². The van der Waals surface area contributed by atoms with Crippen LogP contribution < -0.4 is 25.2 Å². The summed E-state index contributed by atoms with van der Waals surface area (Å²) in [6, 6.07) is 29.5. The number of aromatic nitrogens is 3. The number of carboxylic acid groups (broad SMARTS) is 1. The van der Waals surface area contributed by atoms with Crippen LogP contribution in [0.4, 0.5) is 17.0 Å². The number of piperidine rings is 1. The molecule has 1 aliphatic carbocycles. The normalized spacial score (nSPS) is 19.9. The van der Waals surface area contributed by atoms with Gasteiger partial charge in [-0.1, -0.05) is 67.1 Å². The molecule has 3 aromatic heterocycles. The van der Waals surface area contributed by atoms with E-state index in [1.54, 1.807) is 0 Å². The maximum Gasteiger partial charge on any atom is 0.355 e. The van der Waals surface area contributed by atoms with Crippen molar-refractivity contribution in [3.63, 3.8) is 0 Å². The summed E-state index contributed by atoms with van der Waals surface area (Å²) in [6.45, 7) is 10.0. The number of benzene rings is 4. The van der Waals surface area contributed by atoms with Gasteiger partial charge < -0.3 is 24.1 Å². The Bertz CT molecular complexity index is 3190. The number of anilines is 3. The monoisotopic (exact) mass is 1000 g/mol. The number of imide groups is 1. The number of amides is 3. The fourth-order valence-corrected chi connectivity index (χ4v) is 12.2. The number of fused-ring (bicyclic) bond motifs is 3. The van der Waals surface area contributed by atoms with Crippen molar-refractivity contribution in [2.75, 3.05) is 54.4 Å². The second kappa shape index (κ2) is 20.7. The number of hydrogen-bond acceptors (Lipinski definition) is 13. The third-order valence-corrected chi connectivity index (χ3v) is 16.4. The van der Waals surface area contributed by atoms with Gasteiger partial charge in [-0.05, 0) is 140 Å². The van der Waals surface area contributed by atoms with Crippen molar-refractivity contribution in [2.24, 2.45) is 11.8 Å². The SMILES string of the molecule is Cc1c(OC2CCC(CC[C@@H](C)CN3CCN(c4nc5cc(C6CCC(=O)NC6=O)ccc5o4)CC3)CC2)cccc1-c1ccc(N2CCc3cccc(C(=O)Nc4nc5ccccc5s4)c3C2)nc1C(=O)O. The van der Waals surface area contributed by atoms with Gasteiger partial charge in [0.25, 0.3) is 11.9 Å². The highest BCUT2D eigenvalue weighted by molar-refractivity contribution is 7.22. The zero-order valence-electron chi connectivity index (χ0n) is 41.3. The Balaban J connectivity index is 0.655. The highest BCUT2D eigenvalue weighted by atomic mass is 32.1. The summed E-state index contributed by atoms with van der Waals surface area (Å²) in [5.41, 5.74) is 7.86. The molecule has 7 aromatic rings. The van der Waals surface area contributed by atoms with E-state index in [2.05, 4.69) is 32.3 Å². The molecule has 2 saturated heterocycles. The molecule has 4 aliphatic rings. The van der Waals surface area contributed by atoms with Gasteiger partial charge in [0.1, 0.15) is 17.1 Å². The lowest BCUT2D eigenvalue weighted by Gasteiger charge is -2.35. The molecule has 2 atom stereocenters. The predicted octanol–water partition coefficient (Wildman–Crippen LogP) is 10.0. The zero-order valence-corrected chi connectivity index (χ0v) is 42.1. The second-order valence-electron chi connectivity index (χ2n) is 20.3. The molecule has 3 aliphatic heterocycles. The highest BCUT2D eigenvalue weighted by Gasteiger charge is 2.31. The van der Waals surface area contributed by atoms with E-state index in [1.165, 1.54) is 24.2 Å². The molecule has 3 amide bonds. The van der Waals surface area contributed by atoms with Crippen LogP contribution in [0.2, 0.25) is 0 Å². The minimum absolute atomic E-state index is 0.0213. The Morgan fingerprint density at radius 3 is 2.48 bits per heavy atom. The quantitative estimate of drug-likeness (QED) is 0.0876. The first kappa shape index (κ1) is 48.1.